The lowest BCUT2D eigenvalue weighted by atomic mass is 10.1. The average Bonchev–Trinajstić information content (AvgIpc) is 3.01. The molecule has 110 valence electrons. The summed E-state index contributed by atoms with van der Waals surface area (Å²) in [6.07, 6.45) is 0. The highest BCUT2D eigenvalue weighted by atomic mass is 32.1. The second-order valence-electron chi connectivity index (χ2n) is 4.77. The summed E-state index contributed by atoms with van der Waals surface area (Å²) in [7, 11) is 0. The summed E-state index contributed by atoms with van der Waals surface area (Å²) < 4.78 is 5.79. The monoisotopic (exact) mass is 310 g/mol. The Morgan fingerprint density at radius 3 is 2.09 bits per heavy atom. The zero-order valence-corrected chi connectivity index (χ0v) is 12.5. The predicted molar refractivity (Wildman–Crippen MR) is 88.3 cm³/mol. The standard InChI is InChI=1S/C17H14N2O2S/c18-16(20)15(22)17-19-13(11-7-3-1-4-8-11)14(21-17)12-9-5-2-6-10-12/h1-10,15,22H,(H2,18,20). The third-order valence-corrected chi connectivity index (χ3v) is 3.71. The number of oxazole rings is 1. The molecule has 0 bridgehead atoms. The van der Waals surface area contributed by atoms with Crippen molar-refractivity contribution in [2.24, 2.45) is 5.73 Å². The van der Waals surface area contributed by atoms with Crippen molar-refractivity contribution in [3.63, 3.8) is 0 Å². The Morgan fingerprint density at radius 2 is 1.55 bits per heavy atom. The maximum Gasteiger partial charge on any atom is 0.239 e. The molecule has 1 amide bonds. The smallest absolute Gasteiger partial charge is 0.239 e. The zero-order valence-electron chi connectivity index (χ0n) is 11.6. The van der Waals surface area contributed by atoms with Crippen LogP contribution in [0, 0.1) is 0 Å². The van der Waals surface area contributed by atoms with Crippen LogP contribution in [0.15, 0.2) is 65.1 Å². The minimum Gasteiger partial charge on any atom is -0.438 e. The highest BCUT2D eigenvalue weighted by Crippen LogP contribution is 2.35. The average molecular weight is 310 g/mol. The van der Waals surface area contributed by atoms with Gasteiger partial charge < -0.3 is 10.2 Å². The Morgan fingerprint density at radius 1 is 1.00 bits per heavy atom. The molecule has 1 atom stereocenters. The zero-order chi connectivity index (χ0) is 15.5. The SMILES string of the molecule is NC(=O)C(S)c1nc(-c2ccccc2)c(-c2ccccc2)o1. The first-order valence-electron chi connectivity index (χ1n) is 6.76. The van der Waals surface area contributed by atoms with Crippen molar-refractivity contribution in [3.8, 4) is 22.6 Å². The molecule has 2 aromatic carbocycles. The van der Waals surface area contributed by atoms with Crippen LogP contribution < -0.4 is 5.73 Å². The van der Waals surface area contributed by atoms with Gasteiger partial charge in [-0.1, -0.05) is 60.7 Å². The van der Waals surface area contributed by atoms with Gasteiger partial charge in [0.2, 0.25) is 11.8 Å². The van der Waals surface area contributed by atoms with Gasteiger partial charge in [0.15, 0.2) is 11.0 Å². The van der Waals surface area contributed by atoms with E-state index in [0.29, 0.717) is 11.5 Å². The summed E-state index contributed by atoms with van der Waals surface area (Å²) in [5, 5.41) is -0.875. The number of benzene rings is 2. The summed E-state index contributed by atoms with van der Waals surface area (Å²) >= 11 is 4.17. The molecule has 1 heterocycles. The van der Waals surface area contributed by atoms with Crippen LogP contribution in [0.3, 0.4) is 0 Å². The molecule has 5 heteroatoms. The Labute approximate surface area is 133 Å². The van der Waals surface area contributed by atoms with Crippen molar-refractivity contribution in [2.45, 2.75) is 5.25 Å². The van der Waals surface area contributed by atoms with E-state index in [1.54, 1.807) is 0 Å². The summed E-state index contributed by atoms with van der Waals surface area (Å²) in [6.45, 7) is 0. The molecular weight excluding hydrogens is 296 g/mol. The third kappa shape index (κ3) is 2.76. The van der Waals surface area contributed by atoms with Gasteiger partial charge in [-0.3, -0.25) is 4.79 Å². The topological polar surface area (TPSA) is 69.1 Å². The van der Waals surface area contributed by atoms with Gasteiger partial charge in [-0.15, -0.1) is 0 Å². The molecule has 3 rings (SSSR count). The van der Waals surface area contributed by atoms with Crippen LogP contribution in [0.4, 0.5) is 0 Å². The van der Waals surface area contributed by atoms with E-state index >= 15 is 0 Å². The van der Waals surface area contributed by atoms with E-state index in [2.05, 4.69) is 17.6 Å². The van der Waals surface area contributed by atoms with Gasteiger partial charge in [0.25, 0.3) is 0 Å². The van der Waals surface area contributed by atoms with Gasteiger partial charge in [0.1, 0.15) is 5.69 Å². The summed E-state index contributed by atoms with van der Waals surface area (Å²) in [6, 6.07) is 19.2. The molecular formula is C17H14N2O2S. The molecule has 1 unspecified atom stereocenters. The fourth-order valence-electron chi connectivity index (χ4n) is 2.15. The lowest BCUT2D eigenvalue weighted by Gasteiger charge is -2.01. The van der Waals surface area contributed by atoms with Gasteiger partial charge in [0, 0.05) is 11.1 Å². The molecule has 0 radical (unpaired) electrons. The summed E-state index contributed by atoms with van der Waals surface area (Å²) in [5.41, 5.74) is 7.74. The number of primary amides is 1. The molecule has 0 fully saturated rings. The van der Waals surface area contributed by atoms with Crippen molar-refractivity contribution in [2.75, 3.05) is 0 Å². The number of rotatable bonds is 4. The van der Waals surface area contributed by atoms with Crippen LogP contribution >= 0.6 is 12.6 Å². The Hall–Kier alpha value is -2.53. The van der Waals surface area contributed by atoms with Crippen molar-refractivity contribution in [1.82, 2.24) is 4.98 Å². The number of thiol groups is 1. The first kappa shape index (κ1) is 14.4. The van der Waals surface area contributed by atoms with Gasteiger partial charge in [-0.05, 0) is 0 Å². The lowest BCUT2D eigenvalue weighted by molar-refractivity contribution is -0.117. The molecule has 0 saturated carbocycles. The van der Waals surface area contributed by atoms with Crippen molar-refractivity contribution < 1.29 is 9.21 Å². The number of nitrogens with two attached hydrogens (primary N) is 1. The minimum atomic E-state index is -0.875. The molecule has 0 aliphatic rings. The summed E-state index contributed by atoms with van der Waals surface area (Å²) in [4.78, 5) is 15.8. The van der Waals surface area contributed by atoms with Crippen LogP contribution in [0.1, 0.15) is 11.1 Å². The quantitative estimate of drug-likeness (QED) is 0.725. The van der Waals surface area contributed by atoms with Crippen LogP contribution in [0.25, 0.3) is 22.6 Å². The predicted octanol–water partition coefficient (Wildman–Crippen LogP) is 3.46. The fraction of sp³-hybridized carbons (Fsp3) is 0.0588. The third-order valence-electron chi connectivity index (χ3n) is 3.23. The van der Waals surface area contributed by atoms with Crippen molar-refractivity contribution >= 4 is 18.5 Å². The van der Waals surface area contributed by atoms with E-state index in [1.807, 2.05) is 60.7 Å². The maximum atomic E-state index is 11.3. The molecule has 4 nitrogen and oxygen atoms in total. The maximum absolute atomic E-state index is 11.3. The molecule has 1 aromatic heterocycles. The Bertz CT molecular complexity index is 728. The van der Waals surface area contributed by atoms with Crippen LogP contribution in [0.2, 0.25) is 0 Å². The van der Waals surface area contributed by atoms with Gasteiger partial charge in [-0.25, -0.2) is 4.98 Å². The fourth-order valence-corrected chi connectivity index (χ4v) is 2.26. The van der Waals surface area contributed by atoms with Crippen LogP contribution in [0.5, 0.6) is 0 Å². The summed E-state index contributed by atoms with van der Waals surface area (Å²) in [5.74, 6) is 0.208. The van der Waals surface area contributed by atoms with E-state index in [-0.39, 0.29) is 5.89 Å². The van der Waals surface area contributed by atoms with Gasteiger partial charge in [-0.2, -0.15) is 12.6 Å². The number of aromatic nitrogens is 1. The van der Waals surface area contributed by atoms with Gasteiger partial charge in [0.05, 0.1) is 0 Å². The van der Waals surface area contributed by atoms with Gasteiger partial charge >= 0.3 is 0 Å². The van der Waals surface area contributed by atoms with E-state index in [1.165, 1.54) is 0 Å². The number of nitrogens with zero attached hydrogens (tertiary/aromatic N) is 1. The molecule has 0 saturated heterocycles. The first-order chi connectivity index (χ1) is 10.7. The highest BCUT2D eigenvalue weighted by Gasteiger charge is 2.23. The number of hydrogen-bond donors (Lipinski definition) is 2. The van der Waals surface area contributed by atoms with E-state index < -0.39 is 11.2 Å². The molecule has 2 N–H and O–H groups in total. The minimum absolute atomic E-state index is 0.202. The molecule has 0 aliphatic carbocycles. The molecule has 22 heavy (non-hydrogen) atoms. The van der Waals surface area contributed by atoms with Crippen LogP contribution in [-0.4, -0.2) is 10.9 Å². The number of amides is 1. The molecule has 0 spiro atoms. The molecule has 3 aromatic rings. The second-order valence-corrected chi connectivity index (χ2v) is 5.28. The van der Waals surface area contributed by atoms with Crippen molar-refractivity contribution in [3.05, 3.63) is 66.6 Å². The van der Waals surface area contributed by atoms with E-state index in [0.717, 1.165) is 11.1 Å². The van der Waals surface area contributed by atoms with E-state index in [4.69, 9.17) is 10.2 Å². The molecule has 0 aliphatic heterocycles. The van der Waals surface area contributed by atoms with Crippen LogP contribution in [-0.2, 0) is 4.79 Å². The lowest BCUT2D eigenvalue weighted by Crippen LogP contribution is -2.17. The Balaban J connectivity index is 2.17. The normalized spacial score (nSPS) is 12.0. The number of hydrogen-bond acceptors (Lipinski definition) is 4. The van der Waals surface area contributed by atoms with E-state index in [9.17, 15) is 4.79 Å². The highest BCUT2D eigenvalue weighted by molar-refractivity contribution is 7.81. The van der Waals surface area contributed by atoms with Crippen molar-refractivity contribution in [1.29, 1.82) is 0 Å². The largest absolute Gasteiger partial charge is 0.438 e. The first-order valence-corrected chi connectivity index (χ1v) is 7.27. The number of carbonyl (C=O) groups excluding carboxylic acids is 1. The Kier molecular flexibility index (Phi) is 3.98. The number of carbonyl (C=O) groups is 1. The second kappa shape index (κ2) is 6.07.